The molecule has 110 valence electrons. The number of anilines is 1. The number of thioether (sulfide) groups is 1. The van der Waals surface area contributed by atoms with Crippen molar-refractivity contribution in [3.8, 4) is 0 Å². The third kappa shape index (κ3) is 4.80. The van der Waals surface area contributed by atoms with Gasteiger partial charge in [-0.2, -0.15) is 0 Å². The molecule has 0 radical (unpaired) electrons. The van der Waals surface area contributed by atoms with Gasteiger partial charge in [0.15, 0.2) is 0 Å². The maximum atomic E-state index is 12.2. The zero-order valence-corrected chi connectivity index (χ0v) is 13.7. The molecule has 1 unspecified atom stereocenters. The first-order valence-electron chi connectivity index (χ1n) is 6.81. The fourth-order valence-electron chi connectivity index (χ4n) is 1.79. The Labute approximate surface area is 134 Å². The van der Waals surface area contributed by atoms with E-state index < -0.39 is 0 Å². The number of halogens is 1. The van der Waals surface area contributed by atoms with Gasteiger partial charge in [-0.15, -0.1) is 11.8 Å². The number of amides is 1. The van der Waals surface area contributed by atoms with Crippen molar-refractivity contribution in [3.05, 3.63) is 59.1 Å². The van der Waals surface area contributed by atoms with Crippen LogP contribution in [0.15, 0.2) is 53.4 Å². The van der Waals surface area contributed by atoms with Gasteiger partial charge in [-0.05, 0) is 36.8 Å². The lowest BCUT2D eigenvalue weighted by Crippen LogP contribution is -2.22. The number of carbonyl (C=O) groups excluding carboxylic acids is 1. The lowest BCUT2D eigenvalue weighted by atomic mass is 10.2. The maximum Gasteiger partial charge on any atom is 0.228 e. The van der Waals surface area contributed by atoms with Gasteiger partial charge in [0.25, 0.3) is 0 Å². The topological polar surface area (TPSA) is 29.1 Å². The zero-order valence-electron chi connectivity index (χ0n) is 12.1. The summed E-state index contributed by atoms with van der Waals surface area (Å²) in [4.78, 5) is 13.4. The molecule has 21 heavy (non-hydrogen) atoms. The Hall–Kier alpha value is -1.45. The number of benzene rings is 2. The van der Waals surface area contributed by atoms with Crippen LogP contribution in [0.25, 0.3) is 0 Å². The second-order valence-corrected chi connectivity index (χ2v) is 6.50. The highest BCUT2D eigenvalue weighted by Crippen LogP contribution is 2.25. The Kier molecular flexibility index (Phi) is 5.71. The van der Waals surface area contributed by atoms with E-state index in [9.17, 15) is 4.79 Å². The minimum Gasteiger partial charge on any atom is -0.325 e. The van der Waals surface area contributed by atoms with Crippen LogP contribution in [0, 0.1) is 12.8 Å². The second-order valence-electron chi connectivity index (χ2n) is 5.00. The lowest BCUT2D eigenvalue weighted by molar-refractivity contribution is -0.118. The number of nitrogens with one attached hydrogen (secondary N) is 1. The van der Waals surface area contributed by atoms with E-state index in [1.807, 2.05) is 62.4 Å². The molecule has 0 saturated carbocycles. The van der Waals surface area contributed by atoms with Crippen molar-refractivity contribution in [2.75, 3.05) is 11.1 Å². The van der Waals surface area contributed by atoms with Crippen molar-refractivity contribution in [3.63, 3.8) is 0 Å². The van der Waals surface area contributed by atoms with Crippen LogP contribution in [0.3, 0.4) is 0 Å². The quantitative estimate of drug-likeness (QED) is 0.784. The Morgan fingerprint density at radius 2 is 1.95 bits per heavy atom. The fraction of sp³-hybridized carbons (Fsp3) is 0.235. The van der Waals surface area contributed by atoms with Crippen molar-refractivity contribution >= 4 is 35.0 Å². The third-order valence-electron chi connectivity index (χ3n) is 3.07. The molecule has 2 aromatic rings. The van der Waals surface area contributed by atoms with Gasteiger partial charge in [0.1, 0.15) is 0 Å². The summed E-state index contributed by atoms with van der Waals surface area (Å²) in [6.07, 6.45) is 0. The molecule has 1 N–H and O–H groups in total. The zero-order chi connectivity index (χ0) is 15.2. The molecule has 0 aliphatic rings. The summed E-state index contributed by atoms with van der Waals surface area (Å²) >= 11 is 7.81. The summed E-state index contributed by atoms with van der Waals surface area (Å²) in [5, 5.41) is 3.46. The molecule has 0 saturated heterocycles. The molecule has 0 spiro atoms. The SMILES string of the molecule is Cc1ccc(NC(=O)C(C)CSc2ccccc2)c(Cl)c1. The Bertz CT molecular complexity index is 615. The van der Waals surface area contributed by atoms with Gasteiger partial charge in [-0.1, -0.05) is 42.8 Å². The van der Waals surface area contributed by atoms with Crippen LogP contribution < -0.4 is 5.32 Å². The van der Waals surface area contributed by atoms with Crippen LogP contribution in [0.2, 0.25) is 5.02 Å². The average Bonchev–Trinajstić information content (AvgIpc) is 2.48. The number of rotatable bonds is 5. The van der Waals surface area contributed by atoms with Crippen LogP contribution in [-0.2, 0) is 4.79 Å². The Balaban J connectivity index is 1.90. The highest BCUT2D eigenvalue weighted by Gasteiger charge is 2.14. The van der Waals surface area contributed by atoms with Crippen LogP contribution in [0.4, 0.5) is 5.69 Å². The van der Waals surface area contributed by atoms with Crippen LogP contribution in [-0.4, -0.2) is 11.7 Å². The summed E-state index contributed by atoms with van der Waals surface area (Å²) in [6, 6.07) is 15.7. The molecule has 0 aromatic heterocycles. The van der Waals surface area contributed by atoms with Gasteiger partial charge in [0.2, 0.25) is 5.91 Å². The summed E-state index contributed by atoms with van der Waals surface area (Å²) in [5.74, 6) is 0.635. The normalized spacial score (nSPS) is 12.0. The van der Waals surface area contributed by atoms with Crippen LogP contribution >= 0.6 is 23.4 Å². The van der Waals surface area contributed by atoms with E-state index in [4.69, 9.17) is 11.6 Å². The smallest absolute Gasteiger partial charge is 0.228 e. The van der Waals surface area contributed by atoms with E-state index in [-0.39, 0.29) is 11.8 Å². The van der Waals surface area contributed by atoms with Gasteiger partial charge in [0.05, 0.1) is 10.7 Å². The third-order valence-corrected chi connectivity index (χ3v) is 4.66. The van der Waals surface area contributed by atoms with Gasteiger partial charge in [-0.25, -0.2) is 0 Å². The number of hydrogen-bond acceptors (Lipinski definition) is 2. The maximum absolute atomic E-state index is 12.2. The number of carbonyl (C=O) groups is 1. The number of aryl methyl sites for hydroxylation is 1. The van der Waals surface area contributed by atoms with E-state index >= 15 is 0 Å². The van der Waals surface area contributed by atoms with Crippen LogP contribution in [0.5, 0.6) is 0 Å². The predicted octanol–water partition coefficient (Wildman–Crippen LogP) is 5.02. The second kappa shape index (κ2) is 7.53. The molecule has 0 aliphatic carbocycles. The average molecular weight is 320 g/mol. The minimum absolute atomic E-state index is 0.0100. The van der Waals surface area contributed by atoms with Crippen molar-refractivity contribution in [2.24, 2.45) is 5.92 Å². The van der Waals surface area contributed by atoms with Crippen molar-refractivity contribution in [1.82, 2.24) is 0 Å². The number of hydrogen-bond donors (Lipinski definition) is 1. The summed E-state index contributed by atoms with van der Waals surface area (Å²) < 4.78 is 0. The van der Waals surface area contributed by atoms with Gasteiger partial charge < -0.3 is 5.32 Å². The summed E-state index contributed by atoms with van der Waals surface area (Å²) in [6.45, 7) is 3.89. The molecule has 2 aromatic carbocycles. The molecule has 1 atom stereocenters. The Morgan fingerprint density at radius 1 is 1.24 bits per heavy atom. The van der Waals surface area contributed by atoms with Crippen LogP contribution in [0.1, 0.15) is 12.5 Å². The minimum atomic E-state index is -0.0902. The molecule has 2 nitrogen and oxygen atoms in total. The van der Waals surface area contributed by atoms with Gasteiger partial charge in [0, 0.05) is 16.6 Å². The molecule has 0 heterocycles. The first kappa shape index (κ1) is 15.9. The largest absolute Gasteiger partial charge is 0.325 e. The molecule has 0 aliphatic heterocycles. The first-order valence-corrected chi connectivity index (χ1v) is 8.17. The fourth-order valence-corrected chi connectivity index (χ4v) is 3.02. The molecule has 0 bridgehead atoms. The predicted molar refractivity (Wildman–Crippen MR) is 91.1 cm³/mol. The molecule has 0 fully saturated rings. The van der Waals surface area contributed by atoms with Crippen molar-refractivity contribution < 1.29 is 4.79 Å². The van der Waals surface area contributed by atoms with E-state index in [0.717, 1.165) is 11.3 Å². The molecule has 1 amide bonds. The van der Waals surface area contributed by atoms with E-state index in [0.29, 0.717) is 10.7 Å². The van der Waals surface area contributed by atoms with Crippen molar-refractivity contribution in [2.45, 2.75) is 18.7 Å². The summed E-state index contributed by atoms with van der Waals surface area (Å²) in [5.41, 5.74) is 1.74. The van der Waals surface area contributed by atoms with E-state index in [1.54, 1.807) is 11.8 Å². The Morgan fingerprint density at radius 3 is 2.62 bits per heavy atom. The monoisotopic (exact) mass is 319 g/mol. The lowest BCUT2D eigenvalue weighted by Gasteiger charge is -2.13. The van der Waals surface area contributed by atoms with Gasteiger partial charge >= 0.3 is 0 Å². The molecular weight excluding hydrogens is 302 g/mol. The first-order chi connectivity index (χ1) is 10.1. The highest BCUT2D eigenvalue weighted by molar-refractivity contribution is 7.99. The molecule has 4 heteroatoms. The highest BCUT2D eigenvalue weighted by atomic mass is 35.5. The van der Waals surface area contributed by atoms with Gasteiger partial charge in [-0.3, -0.25) is 4.79 Å². The van der Waals surface area contributed by atoms with E-state index in [1.165, 1.54) is 4.90 Å². The standard InChI is InChI=1S/C17H18ClNOS/c1-12-8-9-16(15(18)10-12)19-17(20)13(2)11-21-14-6-4-3-5-7-14/h3-10,13H,11H2,1-2H3,(H,19,20). The van der Waals surface area contributed by atoms with Crippen molar-refractivity contribution in [1.29, 1.82) is 0 Å². The van der Waals surface area contributed by atoms with E-state index in [2.05, 4.69) is 5.32 Å². The molecule has 2 rings (SSSR count). The molecular formula is C17H18ClNOS. The summed E-state index contributed by atoms with van der Waals surface area (Å²) in [7, 11) is 0.